The molecule has 1 aromatic rings. The van der Waals surface area contributed by atoms with Crippen molar-refractivity contribution >= 4 is 5.97 Å². The van der Waals surface area contributed by atoms with E-state index >= 15 is 0 Å². The van der Waals surface area contributed by atoms with Crippen LogP contribution in [0.15, 0.2) is 24.3 Å². The number of rotatable bonds is 3. The molecule has 1 aliphatic carbocycles. The van der Waals surface area contributed by atoms with E-state index < -0.39 is 5.97 Å². The first kappa shape index (κ1) is 12.0. The molecule has 0 aromatic heterocycles. The van der Waals surface area contributed by atoms with E-state index in [0.29, 0.717) is 6.42 Å². The van der Waals surface area contributed by atoms with Crippen molar-refractivity contribution < 1.29 is 14.6 Å². The van der Waals surface area contributed by atoms with Crippen molar-refractivity contribution in [2.24, 2.45) is 5.92 Å². The van der Waals surface area contributed by atoms with Crippen LogP contribution in [-0.4, -0.2) is 17.2 Å². The Kier molecular flexibility index (Phi) is 3.67. The largest absolute Gasteiger partial charge is 0.490 e. The van der Waals surface area contributed by atoms with E-state index in [1.807, 2.05) is 31.2 Å². The van der Waals surface area contributed by atoms with E-state index in [0.717, 1.165) is 25.0 Å². The third-order valence-corrected chi connectivity index (χ3v) is 3.30. The fraction of sp³-hybridized carbons (Fsp3) is 0.500. The van der Waals surface area contributed by atoms with E-state index in [9.17, 15) is 4.79 Å². The van der Waals surface area contributed by atoms with Gasteiger partial charge in [-0.2, -0.15) is 0 Å². The molecule has 0 radical (unpaired) electrons. The second-order valence-corrected chi connectivity index (χ2v) is 4.75. The molecule has 1 saturated carbocycles. The van der Waals surface area contributed by atoms with Crippen LogP contribution in [0.1, 0.15) is 31.2 Å². The summed E-state index contributed by atoms with van der Waals surface area (Å²) < 4.78 is 5.83. The van der Waals surface area contributed by atoms with Crippen molar-refractivity contribution in [1.29, 1.82) is 0 Å². The Morgan fingerprint density at radius 3 is 2.65 bits per heavy atom. The van der Waals surface area contributed by atoms with Gasteiger partial charge in [-0.3, -0.25) is 4.79 Å². The zero-order valence-electron chi connectivity index (χ0n) is 10.1. The molecule has 0 amide bonds. The lowest BCUT2D eigenvalue weighted by atomic mass is 9.87. The molecule has 0 saturated heterocycles. The van der Waals surface area contributed by atoms with Crippen LogP contribution < -0.4 is 4.74 Å². The van der Waals surface area contributed by atoms with E-state index in [1.54, 1.807) is 0 Å². The second kappa shape index (κ2) is 5.21. The molecular formula is C14H18O3. The van der Waals surface area contributed by atoms with Gasteiger partial charge in [0.2, 0.25) is 0 Å². The van der Waals surface area contributed by atoms with Crippen LogP contribution in [0, 0.1) is 12.8 Å². The van der Waals surface area contributed by atoms with Gasteiger partial charge in [0.1, 0.15) is 5.75 Å². The Labute approximate surface area is 101 Å². The molecule has 2 rings (SSSR count). The fourth-order valence-electron chi connectivity index (χ4n) is 2.29. The SMILES string of the molecule is Cc1ccc(O[C@H]2CCC[C@H](C(=O)O)C2)cc1. The number of carbonyl (C=O) groups is 1. The molecule has 1 fully saturated rings. The molecule has 17 heavy (non-hydrogen) atoms. The van der Waals surface area contributed by atoms with Gasteiger partial charge in [-0.05, 0) is 44.7 Å². The molecule has 1 N–H and O–H groups in total. The summed E-state index contributed by atoms with van der Waals surface area (Å²) in [6, 6.07) is 7.90. The van der Waals surface area contributed by atoms with Crippen molar-refractivity contribution in [3.63, 3.8) is 0 Å². The highest BCUT2D eigenvalue weighted by molar-refractivity contribution is 5.70. The number of carboxylic acids is 1. The molecule has 0 spiro atoms. The van der Waals surface area contributed by atoms with Gasteiger partial charge in [-0.1, -0.05) is 17.7 Å². The van der Waals surface area contributed by atoms with Crippen molar-refractivity contribution in [3.8, 4) is 5.75 Å². The minimum absolute atomic E-state index is 0.0487. The van der Waals surface area contributed by atoms with Gasteiger partial charge < -0.3 is 9.84 Å². The summed E-state index contributed by atoms with van der Waals surface area (Å²) in [4.78, 5) is 10.9. The highest BCUT2D eigenvalue weighted by Crippen LogP contribution is 2.28. The number of benzene rings is 1. The number of hydrogen-bond donors (Lipinski definition) is 1. The smallest absolute Gasteiger partial charge is 0.306 e. The molecule has 3 heteroatoms. The van der Waals surface area contributed by atoms with Crippen LogP contribution in [0.5, 0.6) is 5.75 Å². The molecule has 1 aliphatic rings. The van der Waals surface area contributed by atoms with Crippen LogP contribution >= 0.6 is 0 Å². The second-order valence-electron chi connectivity index (χ2n) is 4.75. The molecule has 3 nitrogen and oxygen atoms in total. The first-order valence-corrected chi connectivity index (χ1v) is 6.11. The van der Waals surface area contributed by atoms with Crippen LogP contribution in [0.3, 0.4) is 0 Å². The van der Waals surface area contributed by atoms with E-state index in [1.165, 1.54) is 5.56 Å². The van der Waals surface area contributed by atoms with Crippen molar-refractivity contribution in [1.82, 2.24) is 0 Å². The first-order valence-electron chi connectivity index (χ1n) is 6.11. The summed E-state index contributed by atoms with van der Waals surface area (Å²) >= 11 is 0. The van der Waals surface area contributed by atoms with Crippen LogP contribution in [0.25, 0.3) is 0 Å². The Morgan fingerprint density at radius 2 is 2.00 bits per heavy atom. The summed E-state index contributed by atoms with van der Waals surface area (Å²) in [5, 5.41) is 9.00. The van der Waals surface area contributed by atoms with Gasteiger partial charge in [0.15, 0.2) is 0 Å². The summed E-state index contributed by atoms with van der Waals surface area (Å²) in [6.45, 7) is 2.03. The van der Waals surface area contributed by atoms with Crippen molar-refractivity contribution in [2.75, 3.05) is 0 Å². The minimum Gasteiger partial charge on any atom is -0.490 e. The van der Waals surface area contributed by atoms with Crippen molar-refractivity contribution in [3.05, 3.63) is 29.8 Å². The van der Waals surface area contributed by atoms with Gasteiger partial charge in [-0.25, -0.2) is 0 Å². The fourth-order valence-corrected chi connectivity index (χ4v) is 2.29. The van der Waals surface area contributed by atoms with Gasteiger partial charge in [0.25, 0.3) is 0 Å². The van der Waals surface area contributed by atoms with Gasteiger partial charge in [0, 0.05) is 0 Å². The number of ether oxygens (including phenoxy) is 1. The number of hydrogen-bond acceptors (Lipinski definition) is 2. The number of aryl methyl sites for hydroxylation is 1. The zero-order valence-corrected chi connectivity index (χ0v) is 10.1. The maximum absolute atomic E-state index is 10.9. The number of aliphatic carboxylic acids is 1. The molecule has 0 unspecified atom stereocenters. The van der Waals surface area contributed by atoms with Gasteiger partial charge in [-0.15, -0.1) is 0 Å². The standard InChI is InChI=1S/C14H18O3/c1-10-5-7-12(8-6-10)17-13-4-2-3-11(9-13)14(15)16/h5-8,11,13H,2-4,9H2,1H3,(H,15,16)/t11-,13-/m0/s1. The molecule has 0 bridgehead atoms. The van der Waals surface area contributed by atoms with Crippen LogP contribution in [0.2, 0.25) is 0 Å². The maximum Gasteiger partial charge on any atom is 0.306 e. The van der Waals surface area contributed by atoms with E-state index in [2.05, 4.69) is 0 Å². The van der Waals surface area contributed by atoms with Crippen molar-refractivity contribution in [2.45, 2.75) is 38.7 Å². The van der Waals surface area contributed by atoms with Gasteiger partial charge >= 0.3 is 5.97 Å². The normalized spacial score (nSPS) is 24.3. The lowest BCUT2D eigenvalue weighted by Crippen LogP contribution is -2.29. The zero-order chi connectivity index (χ0) is 12.3. The third kappa shape index (κ3) is 3.22. The molecule has 2 atom stereocenters. The summed E-state index contributed by atoms with van der Waals surface area (Å²) in [5.41, 5.74) is 1.20. The average Bonchev–Trinajstić information content (AvgIpc) is 2.32. The quantitative estimate of drug-likeness (QED) is 0.874. The van der Waals surface area contributed by atoms with Gasteiger partial charge in [0.05, 0.1) is 12.0 Å². The minimum atomic E-state index is -0.692. The summed E-state index contributed by atoms with van der Waals surface area (Å²) in [6.07, 6.45) is 3.35. The predicted octanol–water partition coefficient (Wildman–Crippen LogP) is 3.02. The number of carboxylic acid groups (broad SMARTS) is 1. The Morgan fingerprint density at radius 1 is 1.29 bits per heavy atom. The Balaban J connectivity index is 1.94. The lowest BCUT2D eigenvalue weighted by molar-refractivity contribution is -0.143. The van der Waals surface area contributed by atoms with Crippen LogP contribution in [-0.2, 0) is 4.79 Å². The monoisotopic (exact) mass is 234 g/mol. The Hall–Kier alpha value is -1.51. The average molecular weight is 234 g/mol. The topological polar surface area (TPSA) is 46.5 Å². The van der Waals surface area contributed by atoms with E-state index in [4.69, 9.17) is 9.84 Å². The molecule has 92 valence electrons. The Bertz CT molecular complexity index is 383. The molecule has 1 aromatic carbocycles. The highest BCUT2D eigenvalue weighted by atomic mass is 16.5. The summed E-state index contributed by atoms with van der Waals surface area (Å²) in [7, 11) is 0. The first-order chi connectivity index (χ1) is 8.15. The maximum atomic E-state index is 10.9. The molecular weight excluding hydrogens is 216 g/mol. The third-order valence-electron chi connectivity index (χ3n) is 3.30. The predicted molar refractivity (Wildman–Crippen MR) is 65.2 cm³/mol. The molecule has 0 heterocycles. The van der Waals surface area contributed by atoms with E-state index in [-0.39, 0.29) is 12.0 Å². The summed E-state index contributed by atoms with van der Waals surface area (Å²) in [5.74, 6) is -0.0898. The van der Waals surface area contributed by atoms with Crippen LogP contribution in [0.4, 0.5) is 0 Å². The highest BCUT2D eigenvalue weighted by Gasteiger charge is 2.27. The molecule has 0 aliphatic heterocycles. The lowest BCUT2D eigenvalue weighted by Gasteiger charge is -2.27.